The summed E-state index contributed by atoms with van der Waals surface area (Å²) >= 11 is 0. The number of nitrogens with one attached hydrogen (secondary N) is 1. The van der Waals surface area contributed by atoms with Gasteiger partial charge in [0.2, 0.25) is 5.91 Å². The van der Waals surface area contributed by atoms with Gasteiger partial charge in [0.15, 0.2) is 0 Å². The molecule has 1 aliphatic heterocycles. The van der Waals surface area contributed by atoms with E-state index in [4.69, 9.17) is 10.5 Å². The van der Waals surface area contributed by atoms with Crippen LogP contribution in [-0.2, 0) is 9.53 Å². The van der Waals surface area contributed by atoms with E-state index in [9.17, 15) is 4.79 Å². The van der Waals surface area contributed by atoms with Gasteiger partial charge in [0.05, 0.1) is 0 Å². The van der Waals surface area contributed by atoms with Crippen molar-refractivity contribution in [3.63, 3.8) is 0 Å². The summed E-state index contributed by atoms with van der Waals surface area (Å²) in [5, 5.41) is 2.86. The largest absolute Gasteiger partial charge is 0.368 e. The first-order chi connectivity index (χ1) is 6.05. The van der Waals surface area contributed by atoms with Gasteiger partial charge in [-0.1, -0.05) is 0 Å². The van der Waals surface area contributed by atoms with Gasteiger partial charge in [0.1, 0.15) is 6.10 Å². The van der Waals surface area contributed by atoms with Crippen molar-refractivity contribution in [1.29, 1.82) is 0 Å². The molecule has 1 saturated heterocycles. The highest BCUT2D eigenvalue weighted by Crippen LogP contribution is 2.13. The number of amides is 1. The molecule has 4 nitrogen and oxygen atoms in total. The maximum Gasteiger partial charge on any atom is 0.249 e. The molecular formula is C9H18N2O2. The maximum absolute atomic E-state index is 11.5. The lowest BCUT2D eigenvalue weighted by molar-refractivity contribution is -0.131. The molecule has 1 unspecified atom stereocenters. The molecule has 0 aromatic carbocycles. The van der Waals surface area contributed by atoms with Crippen LogP contribution in [0, 0.1) is 0 Å². The van der Waals surface area contributed by atoms with Crippen LogP contribution in [0.3, 0.4) is 0 Å². The summed E-state index contributed by atoms with van der Waals surface area (Å²) in [7, 11) is 0. The van der Waals surface area contributed by atoms with Gasteiger partial charge in [-0.05, 0) is 26.7 Å². The average Bonchev–Trinajstić information content (AvgIpc) is 2.55. The minimum Gasteiger partial charge on any atom is -0.368 e. The number of ether oxygens (including phenoxy) is 1. The second-order valence-corrected chi connectivity index (χ2v) is 4.08. The second-order valence-electron chi connectivity index (χ2n) is 4.08. The van der Waals surface area contributed by atoms with Crippen molar-refractivity contribution in [2.45, 2.75) is 38.3 Å². The second kappa shape index (κ2) is 4.07. The number of hydrogen-bond donors (Lipinski definition) is 2. The predicted molar refractivity (Wildman–Crippen MR) is 50.3 cm³/mol. The van der Waals surface area contributed by atoms with E-state index in [0.717, 1.165) is 12.8 Å². The summed E-state index contributed by atoms with van der Waals surface area (Å²) in [6, 6.07) is 0. The predicted octanol–water partition coefficient (Wildman–Crippen LogP) is 0.0189. The van der Waals surface area contributed by atoms with Crippen molar-refractivity contribution >= 4 is 5.91 Å². The normalized spacial score (nSPS) is 23.2. The van der Waals surface area contributed by atoms with E-state index in [0.29, 0.717) is 13.2 Å². The number of carbonyl (C=O) groups excluding carboxylic acids is 1. The van der Waals surface area contributed by atoms with Crippen molar-refractivity contribution in [1.82, 2.24) is 5.32 Å². The van der Waals surface area contributed by atoms with Crippen molar-refractivity contribution in [3.8, 4) is 0 Å². The lowest BCUT2D eigenvalue weighted by atomic mass is 10.1. The van der Waals surface area contributed by atoms with Crippen LogP contribution in [-0.4, -0.2) is 30.7 Å². The summed E-state index contributed by atoms with van der Waals surface area (Å²) in [6.07, 6.45) is 1.54. The first kappa shape index (κ1) is 10.5. The van der Waals surface area contributed by atoms with E-state index in [2.05, 4.69) is 5.32 Å². The maximum atomic E-state index is 11.5. The summed E-state index contributed by atoms with van der Waals surface area (Å²) in [5.74, 6) is -0.0343. The molecule has 0 saturated carbocycles. The third-order valence-electron chi connectivity index (χ3n) is 2.19. The highest BCUT2D eigenvalue weighted by Gasteiger charge is 2.27. The SMILES string of the molecule is CC(C)(CN)NC(=O)C1CCCO1. The fourth-order valence-electron chi connectivity index (χ4n) is 1.25. The fraction of sp³-hybridized carbons (Fsp3) is 0.889. The molecule has 1 aliphatic rings. The number of rotatable bonds is 3. The Kier molecular flexibility index (Phi) is 3.27. The van der Waals surface area contributed by atoms with Crippen LogP contribution < -0.4 is 11.1 Å². The van der Waals surface area contributed by atoms with Crippen molar-refractivity contribution < 1.29 is 9.53 Å². The van der Waals surface area contributed by atoms with Gasteiger partial charge in [-0.25, -0.2) is 0 Å². The molecule has 1 heterocycles. The molecule has 0 aromatic heterocycles. The van der Waals surface area contributed by atoms with Crippen LogP contribution in [0.15, 0.2) is 0 Å². The first-order valence-electron chi connectivity index (χ1n) is 4.69. The Bertz CT molecular complexity index is 186. The minimum absolute atomic E-state index is 0.0343. The molecule has 1 atom stereocenters. The summed E-state index contributed by atoms with van der Waals surface area (Å²) < 4.78 is 5.25. The molecule has 0 aromatic rings. The Morgan fingerprint density at radius 1 is 1.69 bits per heavy atom. The zero-order valence-electron chi connectivity index (χ0n) is 8.30. The van der Waals surface area contributed by atoms with Gasteiger partial charge in [-0.2, -0.15) is 0 Å². The molecule has 0 aliphatic carbocycles. The van der Waals surface area contributed by atoms with Crippen molar-refractivity contribution in [2.75, 3.05) is 13.2 Å². The molecule has 0 radical (unpaired) electrons. The van der Waals surface area contributed by atoms with E-state index < -0.39 is 0 Å². The molecule has 1 amide bonds. The number of carbonyl (C=O) groups is 1. The molecule has 13 heavy (non-hydrogen) atoms. The van der Waals surface area contributed by atoms with E-state index in [1.54, 1.807) is 0 Å². The third-order valence-corrected chi connectivity index (χ3v) is 2.19. The quantitative estimate of drug-likeness (QED) is 0.653. The van der Waals surface area contributed by atoms with Crippen LogP contribution in [0.25, 0.3) is 0 Å². The standard InChI is InChI=1S/C9H18N2O2/c1-9(2,6-10)11-8(12)7-4-3-5-13-7/h7H,3-6,10H2,1-2H3,(H,11,12). The average molecular weight is 186 g/mol. The molecule has 3 N–H and O–H groups in total. The number of nitrogens with two attached hydrogens (primary N) is 1. The summed E-state index contributed by atoms with van der Waals surface area (Å²) in [5.41, 5.74) is 5.17. The van der Waals surface area contributed by atoms with E-state index in [1.807, 2.05) is 13.8 Å². The topological polar surface area (TPSA) is 64.3 Å². The van der Waals surface area contributed by atoms with Crippen LogP contribution >= 0.6 is 0 Å². The van der Waals surface area contributed by atoms with Gasteiger partial charge in [-0.15, -0.1) is 0 Å². The monoisotopic (exact) mass is 186 g/mol. The van der Waals surface area contributed by atoms with E-state index >= 15 is 0 Å². The Morgan fingerprint density at radius 2 is 2.38 bits per heavy atom. The summed E-state index contributed by atoms with van der Waals surface area (Å²) in [4.78, 5) is 11.5. The number of hydrogen-bond acceptors (Lipinski definition) is 3. The van der Waals surface area contributed by atoms with Crippen LogP contribution in [0.2, 0.25) is 0 Å². The fourth-order valence-corrected chi connectivity index (χ4v) is 1.25. The molecule has 0 spiro atoms. The Hall–Kier alpha value is -0.610. The molecule has 4 heteroatoms. The molecule has 76 valence electrons. The Morgan fingerprint density at radius 3 is 2.85 bits per heavy atom. The molecule has 1 fully saturated rings. The van der Waals surface area contributed by atoms with E-state index in [1.165, 1.54) is 0 Å². The van der Waals surface area contributed by atoms with Gasteiger partial charge < -0.3 is 15.8 Å². The molecule has 0 bridgehead atoms. The van der Waals surface area contributed by atoms with Crippen LogP contribution in [0.4, 0.5) is 0 Å². The smallest absolute Gasteiger partial charge is 0.249 e. The highest BCUT2D eigenvalue weighted by atomic mass is 16.5. The Labute approximate surface area is 78.8 Å². The molecule has 1 rings (SSSR count). The minimum atomic E-state index is -0.330. The van der Waals surface area contributed by atoms with E-state index in [-0.39, 0.29) is 17.6 Å². The van der Waals surface area contributed by atoms with Gasteiger partial charge in [0, 0.05) is 18.7 Å². The van der Waals surface area contributed by atoms with Crippen LogP contribution in [0.5, 0.6) is 0 Å². The molecular weight excluding hydrogens is 168 g/mol. The van der Waals surface area contributed by atoms with Crippen molar-refractivity contribution in [2.24, 2.45) is 5.73 Å². The lowest BCUT2D eigenvalue weighted by Gasteiger charge is -2.25. The first-order valence-corrected chi connectivity index (χ1v) is 4.69. The van der Waals surface area contributed by atoms with Gasteiger partial charge in [0.25, 0.3) is 0 Å². The summed E-state index contributed by atoms with van der Waals surface area (Å²) in [6.45, 7) is 4.94. The van der Waals surface area contributed by atoms with Gasteiger partial charge >= 0.3 is 0 Å². The van der Waals surface area contributed by atoms with Gasteiger partial charge in [-0.3, -0.25) is 4.79 Å². The highest BCUT2D eigenvalue weighted by molar-refractivity contribution is 5.81. The van der Waals surface area contributed by atoms with Crippen molar-refractivity contribution in [3.05, 3.63) is 0 Å². The zero-order valence-corrected chi connectivity index (χ0v) is 8.30. The third kappa shape index (κ3) is 2.97. The Balaban J connectivity index is 2.40. The lowest BCUT2D eigenvalue weighted by Crippen LogP contribution is -2.51. The zero-order chi connectivity index (χ0) is 9.90. The van der Waals surface area contributed by atoms with Crippen LogP contribution in [0.1, 0.15) is 26.7 Å².